The molecule has 1 aliphatic heterocycles. The lowest BCUT2D eigenvalue weighted by Gasteiger charge is -2.22. The summed E-state index contributed by atoms with van der Waals surface area (Å²) in [6.07, 6.45) is 2.37. The molecular weight excluding hydrogens is 363 g/mol. The summed E-state index contributed by atoms with van der Waals surface area (Å²) >= 11 is 8.16. The number of rotatable bonds is 3. The van der Waals surface area contributed by atoms with Crippen molar-refractivity contribution in [2.45, 2.75) is 12.8 Å². The molecule has 3 nitrogen and oxygen atoms in total. The molecule has 1 fully saturated rings. The largest absolute Gasteiger partial charge is 0.352 e. The number of amides is 1. The van der Waals surface area contributed by atoms with E-state index in [2.05, 4.69) is 33.2 Å². The first-order valence-corrected chi connectivity index (χ1v) is 7.56. The van der Waals surface area contributed by atoms with Crippen LogP contribution in [0.4, 0.5) is 0 Å². The number of carbonyl (C=O) groups excluding carboxylic acids is 1. The molecule has 0 bridgehead atoms. The lowest BCUT2D eigenvalue weighted by atomic mass is 10.00. The normalized spacial score (nSPS) is 19.6. The molecule has 1 saturated heterocycles. The molecule has 0 aromatic heterocycles. The van der Waals surface area contributed by atoms with E-state index in [-0.39, 0.29) is 5.91 Å². The Bertz CT molecular complexity index is 433. The van der Waals surface area contributed by atoms with Gasteiger partial charge in [0.15, 0.2) is 0 Å². The van der Waals surface area contributed by atoms with Gasteiger partial charge >= 0.3 is 0 Å². The van der Waals surface area contributed by atoms with Crippen molar-refractivity contribution in [3.8, 4) is 0 Å². The van der Waals surface area contributed by atoms with Crippen LogP contribution in [0, 0.1) is 9.49 Å². The minimum absolute atomic E-state index is 0.0427. The van der Waals surface area contributed by atoms with E-state index in [1.54, 1.807) is 6.07 Å². The van der Waals surface area contributed by atoms with Gasteiger partial charge in [0.25, 0.3) is 5.91 Å². The summed E-state index contributed by atoms with van der Waals surface area (Å²) in [6, 6.07) is 5.39. The topological polar surface area (TPSA) is 41.1 Å². The smallest absolute Gasteiger partial charge is 0.251 e. The fourth-order valence-electron chi connectivity index (χ4n) is 2.07. The van der Waals surface area contributed by atoms with Crippen molar-refractivity contribution in [1.82, 2.24) is 10.6 Å². The molecule has 1 aromatic rings. The highest BCUT2D eigenvalue weighted by Crippen LogP contribution is 2.19. The van der Waals surface area contributed by atoms with E-state index in [1.807, 2.05) is 12.1 Å². The van der Waals surface area contributed by atoms with Gasteiger partial charge in [-0.15, -0.1) is 0 Å². The monoisotopic (exact) mass is 378 g/mol. The quantitative estimate of drug-likeness (QED) is 0.794. The number of halogens is 2. The summed E-state index contributed by atoms with van der Waals surface area (Å²) in [5.41, 5.74) is 0.629. The average molecular weight is 379 g/mol. The highest BCUT2D eigenvalue weighted by Gasteiger charge is 2.14. The highest BCUT2D eigenvalue weighted by molar-refractivity contribution is 14.1. The van der Waals surface area contributed by atoms with E-state index < -0.39 is 0 Å². The Morgan fingerprint density at radius 3 is 3.06 bits per heavy atom. The van der Waals surface area contributed by atoms with Crippen LogP contribution in [0.25, 0.3) is 0 Å². The molecule has 18 heavy (non-hydrogen) atoms. The minimum Gasteiger partial charge on any atom is -0.352 e. The van der Waals surface area contributed by atoms with Gasteiger partial charge in [0.05, 0.1) is 5.02 Å². The van der Waals surface area contributed by atoms with Crippen LogP contribution in [0.15, 0.2) is 18.2 Å². The van der Waals surface area contributed by atoms with Crippen LogP contribution < -0.4 is 10.6 Å². The predicted molar refractivity (Wildman–Crippen MR) is 82.1 cm³/mol. The molecule has 2 N–H and O–H groups in total. The van der Waals surface area contributed by atoms with Gasteiger partial charge in [-0.2, -0.15) is 0 Å². The summed E-state index contributed by atoms with van der Waals surface area (Å²) in [7, 11) is 0. The van der Waals surface area contributed by atoms with Gasteiger partial charge < -0.3 is 10.6 Å². The number of carbonyl (C=O) groups is 1. The Kier molecular flexibility index (Phi) is 5.26. The Morgan fingerprint density at radius 2 is 2.39 bits per heavy atom. The molecular formula is C13H16ClIN2O. The molecule has 98 valence electrons. The van der Waals surface area contributed by atoms with Gasteiger partial charge in [-0.25, -0.2) is 0 Å². The Balaban J connectivity index is 1.88. The SMILES string of the molecule is O=C(NCC1CCCNC1)c1ccc(I)c(Cl)c1. The van der Waals surface area contributed by atoms with Crippen LogP contribution in [-0.2, 0) is 0 Å². The fraction of sp³-hybridized carbons (Fsp3) is 0.462. The highest BCUT2D eigenvalue weighted by atomic mass is 127. The summed E-state index contributed by atoms with van der Waals surface area (Å²) in [5, 5.41) is 6.94. The molecule has 0 saturated carbocycles. The van der Waals surface area contributed by atoms with Crippen molar-refractivity contribution in [3.63, 3.8) is 0 Å². The molecule has 1 unspecified atom stereocenters. The molecule has 1 aliphatic rings. The molecule has 0 spiro atoms. The second-order valence-electron chi connectivity index (χ2n) is 4.55. The second-order valence-corrected chi connectivity index (χ2v) is 6.12. The van der Waals surface area contributed by atoms with Gasteiger partial charge in [-0.05, 0) is 72.6 Å². The first-order chi connectivity index (χ1) is 8.66. The first kappa shape index (κ1) is 14.1. The zero-order chi connectivity index (χ0) is 13.0. The molecule has 0 aliphatic carbocycles. The first-order valence-electron chi connectivity index (χ1n) is 6.11. The summed E-state index contributed by atoms with van der Waals surface area (Å²) in [6.45, 7) is 2.82. The van der Waals surface area contributed by atoms with Gasteiger partial charge in [-0.1, -0.05) is 11.6 Å². The van der Waals surface area contributed by atoms with Crippen LogP contribution in [0.3, 0.4) is 0 Å². The Hall–Kier alpha value is -0.330. The van der Waals surface area contributed by atoms with E-state index >= 15 is 0 Å². The number of nitrogens with one attached hydrogen (secondary N) is 2. The van der Waals surface area contributed by atoms with Crippen molar-refractivity contribution < 1.29 is 4.79 Å². The molecule has 0 radical (unpaired) electrons. The van der Waals surface area contributed by atoms with E-state index in [0.717, 1.165) is 23.2 Å². The van der Waals surface area contributed by atoms with Gasteiger partial charge in [0.2, 0.25) is 0 Å². The van der Waals surface area contributed by atoms with Gasteiger partial charge in [0, 0.05) is 15.7 Å². The Labute approximate surface area is 126 Å². The summed E-state index contributed by atoms with van der Waals surface area (Å²) < 4.78 is 0.960. The third-order valence-electron chi connectivity index (χ3n) is 3.13. The van der Waals surface area contributed by atoms with Gasteiger partial charge in [-0.3, -0.25) is 4.79 Å². The van der Waals surface area contributed by atoms with Crippen LogP contribution in [0.2, 0.25) is 5.02 Å². The van der Waals surface area contributed by atoms with Crippen molar-refractivity contribution >= 4 is 40.1 Å². The molecule has 5 heteroatoms. The van der Waals surface area contributed by atoms with E-state index in [0.29, 0.717) is 16.5 Å². The number of piperidine rings is 1. The summed E-state index contributed by atoms with van der Waals surface area (Å²) in [4.78, 5) is 12.0. The zero-order valence-corrected chi connectivity index (χ0v) is 12.9. The lowest BCUT2D eigenvalue weighted by Crippen LogP contribution is -2.38. The molecule has 2 rings (SSSR count). The maximum atomic E-state index is 12.0. The maximum Gasteiger partial charge on any atom is 0.251 e. The summed E-state index contributed by atoms with van der Waals surface area (Å²) in [5.74, 6) is 0.501. The van der Waals surface area contributed by atoms with E-state index in [9.17, 15) is 4.79 Å². The second kappa shape index (κ2) is 6.73. The fourth-order valence-corrected chi connectivity index (χ4v) is 2.59. The Morgan fingerprint density at radius 1 is 1.56 bits per heavy atom. The van der Waals surface area contributed by atoms with Crippen molar-refractivity contribution in [3.05, 3.63) is 32.4 Å². The number of hydrogen-bond donors (Lipinski definition) is 2. The van der Waals surface area contributed by atoms with Gasteiger partial charge in [0.1, 0.15) is 0 Å². The number of hydrogen-bond acceptors (Lipinski definition) is 2. The minimum atomic E-state index is -0.0427. The van der Waals surface area contributed by atoms with Crippen LogP contribution >= 0.6 is 34.2 Å². The van der Waals surface area contributed by atoms with Crippen molar-refractivity contribution in [2.75, 3.05) is 19.6 Å². The third-order valence-corrected chi connectivity index (χ3v) is 4.70. The van der Waals surface area contributed by atoms with Crippen molar-refractivity contribution in [1.29, 1.82) is 0 Å². The van der Waals surface area contributed by atoms with Crippen LogP contribution in [0.5, 0.6) is 0 Å². The molecule has 1 amide bonds. The van der Waals surface area contributed by atoms with E-state index in [1.165, 1.54) is 12.8 Å². The zero-order valence-electron chi connectivity index (χ0n) is 10.0. The molecule has 1 aromatic carbocycles. The lowest BCUT2D eigenvalue weighted by molar-refractivity contribution is 0.0945. The predicted octanol–water partition coefficient (Wildman–Crippen LogP) is 2.67. The number of benzene rings is 1. The molecule has 1 atom stereocenters. The third kappa shape index (κ3) is 3.83. The van der Waals surface area contributed by atoms with Crippen LogP contribution in [-0.4, -0.2) is 25.5 Å². The average Bonchev–Trinajstić information content (AvgIpc) is 2.40. The van der Waals surface area contributed by atoms with E-state index in [4.69, 9.17) is 11.6 Å². The van der Waals surface area contributed by atoms with Crippen LogP contribution in [0.1, 0.15) is 23.2 Å². The maximum absolute atomic E-state index is 12.0. The van der Waals surface area contributed by atoms with Crippen molar-refractivity contribution in [2.24, 2.45) is 5.92 Å². The molecule has 1 heterocycles. The standard InChI is InChI=1S/C13H16ClIN2O/c14-11-6-10(3-4-12(11)15)13(18)17-8-9-2-1-5-16-7-9/h3-4,6,9,16H,1-2,5,7-8H2,(H,17,18).